The Morgan fingerprint density at radius 3 is 2.30 bits per heavy atom. The lowest BCUT2D eigenvalue weighted by atomic mass is 9.36. The van der Waals surface area contributed by atoms with Gasteiger partial charge in [-0.25, -0.2) is 9.37 Å². The van der Waals surface area contributed by atoms with Crippen LogP contribution in [0.2, 0.25) is 0 Å². The Kier molecular flexibility index (Phi) is 4.59. The summed E-state index contributed by atoms with van der Waals surface area (Å²) in [5.74, 6) is -1.57. The normalized spacial score (nSPS) is 25.5. The van der Waals surface area contributed by atoms with Crippen LogP contribution < -0.4 is 10.6 Å². The topological polar surface area (TPSA) is 71.1 Å². The van der Waals surface area contributed by atoms with Gasteiger partial charge in [0.25, 0.3) is 5.91 Å². The lowest BCUT2D eigenvalue weighted by molar-refractivity contribution is -0.184. The molecule has 0 saturated heterocycles. The Bertz CT molecular complexity index is 984. The van der Waals surface area contributed by atoms with Crippen LogP contribution in [0.4, 0.5) is 23.2 Å². The highest BCUT2D eigenvalue weighted by Crippen LogP contribution is 2.70. The molecular formula is C21H19F4N3O2. The molecule has 0 aliphatic heterocycles. The molecule has 1 aromatic heterocycles. The van der Waals surface area contributed by atoms with Crippen LogP contribution in [0, 0.1) is 17.2 Å². The van der Waals surface area contributed by atoms with E-state index in [1.807, 2.05) is 0 Å². The van der Waals surface area contributed by atoms with Crippen molar-refractivity contribution < 1.29 is 27.2 Å². The first-order valence-corrected chi connectivity index (χ1v) is 9.45. The van der Waals surface area contributed by atoms with E-state index in [0.717, 1.165) is 12.1 Å². The summed E-state index contributed by atoms with van der Waals surface area (Å²) >= 11 is 0. The fraction of sp³-hybridized carbons (Fsp3) is 0.381. The summed E-state index contributed by atoms with van der Waals surface area (Å²) in [4.78, 5) is 28.3. The third kappa shape index (κ3) is 3.53. The molecule has 1 heterocycles. The molecule has 2 amide bonds. The maximum atomic E-state index is 13.0. The molecule has 3 aliphatic carbocycles. The number of anilines is 1. The monoisotopic (exact) mass is 421 g/mol. The van der Waals surface area contributed by atoms with Gasteiger partial charge in [-0.2, -0.15) is 13.2 Å². The number of rotatable bonds is 5. The van der Waals surface area contributed by atoms with Crippen molar-refractivity contribution in [2.45, 2.75) is 37.9 Å². The summed E-state index contributed by atoms with van der Waals surface area (Å²) < 4.78 is 51.4. The Morgan fingerprint density at radius 1 is 1.07 bits per heavy atom. The molecule has 3 saturated carbocycles. The first-order chi connectivity index (χ1) is 14.0. The highest BCUT2D eigenvalue weighted by molar-refractivity contribution is 5.95. The first-order valence-electron chi connectivity index (χ1n) is 9.45. The Labute approximate surface area is 169 Å². The molecule has 5 nitrogen and oxygen atoms in total. The van der Waals surface area contributed by atoms with Crippen molar-refractivity contribution in [3.05, 3.63) is 59.7 Å². The van der Waals surface area contributed by atoms with Gasteiger partial charge in [-0.05, 0) is 61.1 Å². The molecule has 1 aromatic carbocycles. The van der Waals surface area contributed by atoms with Crippen molar-refractivity contribution in [2.24, 2.45) is 11.3 Å². The van der Waals surface area contributed by atoms with Crippen molar-refractivity contribution in [1.29, 1.82) is 0 Å². The molecule has 3 aliphatic rings. The number of aromatic nitrogens is 1. The quantitative estimate of drug-likeness (QED) is 0.712. The Hall–Kier alpha value is -2.97. The molecule has 2 bridgehead atoms. The largest absolute Gasteiger partial charge is 0.433 e. The average Bonchev–Trinajstić information content (AvgIpc) is 2.64. The molecule has 0 radical (unpaired) electrons. The van der Waals surface area contributed by atoms with E-state index in [1.54, 1.807) is 6.92 Å². The smallest absolute Gasteiger partial charge is 0.345 e. The lowest BCUT2D eigenvalue weighted by Crippen LogP contribution is -2.77. The van der Waals surface area contributed by atoms with E-state index in [4.69, 9.17) is 0 Å². The van der Waals surface area contributed by atoms with E-state index in [9.17, 15) is 27.2 Å². The number of nitrogens with zero attached hydrogens (tertiary/aromatic N) is 1. The van der Waals surface area contributed by atoms with Crippen molar-refractivity contribution in [1.82, 2.24) is 10.3 Å². The molecule has 30 heavy (non-hydrogen) atoms. The molecule has 2 N–H and O–H groups in total. The van der Waals surface area contributed by atoms with Crippen molar-refractivity contribution in [3.8, 4) is 0 Å². The van der Waals surface area contributed by atoms with E-state index in [-0.39, 0.29) is 22.9 Å². The number of hydrogen-bond acceptors (Lipinski definition) is 3. The molecule has 9 heteroatoms. The van der Waals surface area contributed by atoms with Gasteiger partial charge in [-0.15, -0.1) is 0 Å². The minimum Gasteiger partial charge on any atom is -0.345 e. The fourth-order valence-corrected chi connectivity index (χ4v) is 4.54. The number of nitrogens with one attached hydrogen (secondary N) is 2. The van der Waals surface area contributed by atoms with Crippen molar-refractivity contribution in [3.63, 3.8) is 0 Å². The van der Waals surface area contributed by atoms with E-state index in [0.29, 0.717) is 24.9 Å². The third-order valence-corrected chi connectivity index (χ3v) is 6.15. The minimum absolute atomic E-state index is 0.194. The molecular weight excluding hydrogens is 402 g/mol. The van der Waals surface area contributed by atoms with Crippen LogP contribution in [-0.4, -0.2) is 22.3 Å². The summed E-state index contributed by atoms with van der Waals surface area (Å²) in [6.45, 7) is 1.80. The van der Waals surface area contributed by atoms with Crippen molar-refractivity contribution >= 4 is 17.5 Å². The van der Waals surface area contributed by atoms with Gasteiger partial charge >= 0.3 is 6.18 Å². The highest BCUT2D eigenvalue weighted by Gasteiger charge is 2.71. The first kappa shape index (κ1) is 20.3. The van der Waals surface area contributed by atoms with E-state index in [2.05, 4.69) is 15.6 Å². The molecule has 158 valence electrons. The van der Waals surface area contributed by atoms with Crippen molar-refractivity contribution in [2.75, 3.05) is 5.32 Å². The second-order valence-electron chi connectivity index (χ2n) is 8.25. The van der Waals surface area contributed by atoms with Gasteiger partial charge in [0.2, 0.25) is 5.91 Å². The molecule has 1 atom stereocenters. The number of carbonyl (C=O) groups is 2. The molecule has 0 spiro atoms. The van der Waals surface area contributed by atoms with Gasteiger partial charge in [0, 0.05) is 17.1 Å². The SMILES string of the molecule is CC(C(=O)Nc1ccc(F)cc1)C12CC(NC(=O)c3cccc(C(F)(F)F)n3)(C1)C2. The van der Waals surface area contributed by atoms with Gasteiger partial charge in [0.05, 0.1) is 0 Å². The number of pyridine rings is 1. The summed E-state index contributed by atoms with van der Waals surface area (Å²) in [5, 5.41) is 5.54. The van der Waals surface area contributed by atoms with Crippen LogP contribution in [0.3, 0.4) is 0 Å². The predicted molar refractivity (Wildman–Crippen MR) is 99.9 cm³/mol. The van der Waals surface area contributed by atoms with Crippen LogP contribution in [0.25, 0.3) is 0 Å². The lowest BCUT2D eigenvalue weighted by Gasteiger charge is -2.72. The second-order valence-corrected chi connectivity index (χ2v) is 8.25. The maximum Gasteiger partial charge on any atom is 0.433 e. The van der Waals surface area contributed by atoms with Crippen LogP contribution in [0.15, 0.2) is 42.5 Å². The van der Waals surface area contributed by atoms with Gasteiger partial charge in [-0.1, -0.05) is 13.0 Å². The summed E-state index contributed by atoms with van der Waals surface area (Å²) in [5.41, 5.74) is -1.66. The standard InChI is InChI=1S/C21H19F4N3O2/c1-12(17(29)26-14-7-5-13(22)6-8-14)19-9-20(10-19,11-19)28-18(30)15-3-2-4-16(27-15)21(23,24)25/h2-8,12H,9-11H2,1H3,(H,26,29)(H,28,30). The number of benzene rings is 1. The number of alkyl halides is 3. The highest BCUT2D eigenvalue weighted by atomic mass is 19.4. The van der Waals surface area contributed by atoms with E-state index >= 15 is 0 Å². The Balaban J connectivity index is 1.34. The average molecular weight is 421 g/mol. The maximum absolute atomic E-state index is 13.0. The summed E-state index contributed by atoms with van der Waals surface area (Å²) in [6, 6.07) is 8.67. The van der Waals surface area contributed by atoms with Gasteiger partial charge in [-0.3, -0.25) is 9.59 Å². The second kappa shape index (κ2) is 6.78. The molecule has 2 aromatic rings. The third-order valence-electron chi connectivity index (χ3n) is 6.15. The number of halogens is 4. The number of carbonyl (C=O) groups excluding carboxylic acids is 2. The van der Waals surface area contributed by atoms with E-state index < -0.39 is 29.1 Å². The molecule has 1 unspecified atom stereocenters. The van der Waals surface area contributed by atoms with Crippen LogP contribution >= 0.6 is 0 Å². The summed E-state index contributed by atoms with van der Waals surface area (Å²) in [6.07, 6.45) is -2.90. The number of amides is 2. The Morgan fingerprint density at radius 2 is 1.70 bits per heavy atom. The van der Waals surface area contributed by atoms with Gasteiger partial charge < -0.3 is 10.6 Å². The van der Waals surface area contributed by atoms with Crippen LogP contribution in [0.5, 0.6) is 0 Å². The number of hydrogen-bond donors (Lipinski definition) is 2. The van der Waals surface area contributed by atoms with Gasteiger partial charge in [0.15, 0.2) is 0 Å². The molecule has 5 rings (SSSR count). The molecule has 3 fully saturated rings. The van der Waals surface area contributed by atoms with Gasteiger partial charge in [0.1, 0.15) is 17.2 Å². The van der Waals surface area contributed by atoms with Crippen LogP contribution in [-0.2, 0) is 11.0 Å². The minimum atomic E-state index is -4.62. The zero-order valence-corrected chi connectivity index (χ0v) is 16.0. The fourth-order valence-electron chi connectivity index (χ4n) is 4.54. The zero-order valence-electron chi connectivity index (χ0n) is 16.0. The zero-order chi connectivity index (χ0) is 21.7. The van der Waals surface area contributed by atoms with Crippen LogP contribution in [0.1, 0.15) is 42.4 Å². The van der Waals surface area contributed by atoms with E-state index in [1.165, 1.54) is 30.3 Å². The predicted octanol–water partition coefficient (Wildman–Crippen LogP) is 4.17. The summed E-state index contributed by atoms with van der Waals surface area (Å²) in [7, 11) is 0.